The van der Waals surface area contributed by atoms with Gasteiger partial charge in [0, 0.05) is 19.1 Å². The fourth-order valence-corrected chi connectivity index (χ4v) is 4.63. The molecule has 19 heavy (non-hydrogen) atoms. The Balaban J connectivity index is 1.53. The van der Waals surface area contributed by atoms with Crippen LogP contribution in [0.5, 0.6) is 0 Å². The number of aliphatic hydroxyl groups is 1. The normalized spacial score (nSPS) is 42.0. The lowest BCUT2D eigenvalue weighted by atomic mass is 9.82. The molecule has 2 saturated heterocycles. The van der Waals surface area contributed by atoms with Crippen molar-refractivity contribution in [2.75, 3.05) is 33.2 Å². The summed E-state index contributed by atoms with van der Waals surface area (Å²) in [6, 6.07) is 0.835. The van der Waals surface area contributed by atoms with Gasteiger partial charge in [0.15, 0.2) is 0 Å². The van der Waals surface area contributed by atoms with Crippen LogP contribution in [0.3, 0.4) is 0 Å². The van der Waals surface area contributed by atoms with E-state index in [1.807, 2.05) is 0 Å². The first-order valence-electron chi connectivity index (χ1n) is 8.34. The molecule has 3 heteroatoms. The lowest BCUT2D eigenvalue weighted by Crippen LogP contribution is -2.53. The molecule has 1 N–H and O–H groups in total. The maximum absolute atomic E-state index is 10.1. The molecule has 0 aromatic heterocycles. The van der Waals surface area contributed by atoms with E-state index in [9.17, 15) is 5.11 Å². The summed E-state index contributed by atoms with van der Waals surface area (Å²) in [7, 11) is 2.30. The first-order valence-corrected chi connectivity index (χ1v) is 8.34. The second-order valence-corrected chi connectivity index (χ2v) is 7.11. The van der Waals surface area contributed by atoms with Crippen molar-refractivity contribution < 1.29 is 5.11 Å². The minimum atomic E-state index is -0.0273. The maximum atomic E-state index is 10.1. The molecule has 4 atom stereocenters. The zero-order valence-corrected chi connectivity index (χ0v) is 12.4. The largest absolute Gasteiger partial charge is 0.393 e. The highest BCUT2D eigenvalue weighted by Crippen LogP contribution is 2.31. The summed E-state index contributed by atoms with van der Waals surface area (Å²) in [6.45, 7) is 4.96. The molecule has 1 aliphatic carbocycles. The molecule has 3 fully saturated rings. The highest BCUT2D eigenvalue weighted by atomic mass is 16.3. The molecule has 0 aromatic rings. The monoisotopic (exact) mass is 266 g/mol. The number of piperidine rings is 2. The maximum Gasteiger partial charge on any atom is 0.0580 e. The van der Waals surface area contributed by atoms with Crippen LogP contribution < -0.4 is 0 Å². The van der Waals surface area contributed by atoms with Gasteiger partial charge in [-0.3, -0.25) is 0 Å². The van der Waals surface area contributed by atoms with Gasteiger partial charge < -0.3 is 14.9 Å². The molecule has 0 aromatic carbocycles. The molecular weight excluding hydrogens is 236 g/mol. The number of aliphatic hydroxyl groups excluding tert-OH is 1. The highest BCUT2D eigenvalue weighted by molar-refractivity contribution is 4.90. The van der Waals surface area contributed by atoms with Crippen LogP contribution in [-0.2, 0) is 0 Å². The predicted octanol–water partition coefficient (Wildman–Crippen LogP) is 1.95. The van der Waals surface area contributed by atoms with Gasteiger partial charge >= 0.3 is 0 Å². The molecule has 1 saturated carbocycles. The van der Waals surface area contributed by atoms with E-state index >= 15 is 0 Å². The summed E-state index contributed by atoms with van der Waals surface area (Å²) < 4.78 is 0. The number of rotatable bonds is 2. The van der Waals surface area contributed by atoms with E-state index in [1.54, 1.807) is 0 Å². The molecular formula is C16H30N2O. The minimum Gasteiger partial charge on any atom is -0.393 e. The Bertz CT molecular complexity index is 296. The topological polar surface area (TPSA) is 26.7 Å². The van der Waals surface area contributed by atoms with Crippen LogP contribution in [0.2, 0.25) is 0 Å². The van der Waals surface area contributed by atoms with E-state index in [1.165, 1.54) is 58.2 Å². The molecule has 4 unspecified atom stereocenters. The number of hydrogen-bond acceptors (Lipinski definition) is 3. The molecule has 110 valence electrons. The van der Waals surface area contributed by atoms with Gasteiger partial charge in [-0.2, -0.15) is 0 Å². The Kier molecular flexibility index (Phi) is 4.45. The van der Waals surface area contributed by atoms with E-state index in [2.05, 4.69) is 16.8 Å². The van der Waals surface area contributed by atoms with Crippen molar-refractivity contribution in [2.24, 2.45) is 11.8 Å². The zero-order valence-electron chi connectivity index (χ0n) is 12.4. The minimum absolute atomic E-state index is 0.0273. The van der Waals surface area contributed by atoms with Crippen LogP contribution >= 0.6 is 0 Å². The standard InChI is InChI=1S/C16H30N2O/c1-17-9-4-6-13-11-18(10-8-15(13)17)12-14-5-2-3-7-16(14)19/h13-16,19H,2-12H2,1H3. The summed E-state index contributed by atoms with van der Waals surface area (Å²) in [5.74, 6) is 1.43. The second kappa shape index (κ2) is 6.11. The molecule has 0 radical (unpaired) electrons. The van der Waals surface area contributed by atoms with Crippen LogP contribution in [0.15, 0.2) is 0 Å². The average molecular weight is 266 g/mol. The third kappa shape index (κ3) is 3.14. The molecule has 0 amide bonds. The summed E-state index contributed by atoms with van der Waals surface area (Å²) in [4.78, 5) is 5.24. The quantitative estimate of drug-likeness (QED) is 0.827. The van der Waals surface area contributed by atoms with Gasteiger partial charge in [-0.1, -0.05) is 12.8 Å². The van der Waals surface area contributed by atoms with E-state index in [4.69, 9.17) is 0 Å². The summed E-state index contributed by atoms with van der Waals surface area (Å²) >= 11 is 0. The molecule has 3 rings (SSSR count). The smallest absolute Gasteiger partial charge is 0.0580 e. The number of hydrogen-bond donors (Lipinski definition) is 1. The van der Waals surface area contributed by atoms with Gasteiger partial charge in [0.1, 0.15) is 0 Å². The van der Waals surface area contributed by atoms with Crippen LogP contribution in [0, 0.1) is 11.8 Å². The lowest BCUT2D eigenvalue weighted by Gasteiger charge is -2.47. The van der Waals surface area contributed by atoms with Crippen molar-refractivity contribution in [2.45, 2.75) is 57.1 Å². The average Bonchev–Trinajstić information content (AvgIpc) is 2.42. The highest BCUT2D eigenvalue weighted by Gasteiger charge is 2.35. The fraction of sp³-hybridized carbons (Fsp3) is 1.00. The summed E-state index contributed by atoms with van der Waals surface area (Å²) in [5.41, 5.74) is 0. The number of nitrogens with zero attached hydrogens (tertiary/aromatic N) is 2. The van der Waals surface area contributed by atoms with Crippen molar-refractivity contribution >= 4 is 0 Å². The molecule has 3 nitrogen and oxygen atoms in total. The third-order valence-corrected chi connectivity index (χ3v) is 5.79. The zero-order chi connectivity index (χ0) is 13.2. The van der Waals surface area contributed by atoms with E-state index in [0.717, 1.165) is 24.9 Å². The number of likely N-dealkylation sites (tertiary alicyclic amines) is 2. The van der Waals surface area contributed by atoms with Crippen molar-refractivity contribution in [3.05, 3.63) is 0 Å². The van der Waals surface area contributed by atoms with Gasteiger partial charge in [-0.15, -0.1) is 0 Å². The van der Waals surface area contributed by atoms with Gasteiger partial charge in [-0.25, -0.2) is 0 Å². The van der Waals surface area contributed by atoms with Gasteiger partial charge in [0.2, 0.25) is 0 Å². The van der Waals surface area contributed by atoms with Gasteiger partial charge in [0.05, 0.1) is 6.10 Å². The summed E-state index contributed by atoms with van der Waals surface area (Å²) in [5, 5.41) is 10.1. The Morgan fingerprint density at radius 1 is 1.00 bits per heavy atom. The van der Waals surface area contributed by atoms with E-state index in [-0.39, 0.29) is 6.10 Å². The molecule has 0 spiro atoms. The van der Waals surface area contributed by atoms with Crippen LogP contribution in [-0.4, -0.2) is 60.3 Å². The van der Waals surface area contributed by atoms with Crippen molar-refractivity contribution in [3.8, 4) is 0 Å². The summed E-state index contributed by atoms with van der Waals surface area (Å²) in [6.07, 6.45) is 8.93. The van der Waals surface area contributed by atoms with Gasteiger partial charge in [-0.05, 0) is 64.1 Å². The molecule has 3 aliphatic rings. The van der Waals surface area contributed by atoms with Crippen LogP contribution in [0.4, 0.5) is 0 Å². The Morgan fingerprint density at radius 2 is 1.84 bits per heavy atom. The van der Waals surface area contributed by atoms with Gasteiger partial charge in [0.25, 0.3) is 0 Å². The first-order chi connectivity index (χ1) is 9.24. The van der Waals surface area contributed by atoms with Crippen molar-refractivity contribution in [1.29, 1.82) is 0 Å². The fourth-order valence-electron chi connectivity index (χ4n) is 4.63. The van der Waals surface area contributed by atoms with Crippen LogP contribution in [0.25, 0.3) is 0 Å². The third-order valence-electron chi connectivity index (χ3n) is 5.79. The SMILES string of the molecule is CN1CCCC2CN(CC3CCCCC3O)CCC21. The van der Waals surface area contributed by atoms with E-state index < -0.39 is 0 Å². The van der Waals surface area contributed by atoms with Crippen molar-refractivity contribution in [1.82, 2.24) is 9.80 Å². The molecule has 0 bridgehead atoms. The predicted molar refractivity (Wildman–Crippen MR) is 78.2 cm³/mol. The van der Waals surface area contributed by atoms with E-state index in [0.29, 0.717) is 5.92 Å². The Hall–Kier alpha value is -0.120. The molecule has 2 aliphatic heterocycles. The Morgan fingerprint density at radius 3 is 2.68 bits per heavy atom. The lowest BCUT2D eigenvalue weighted by molar-refractivity contribution is 0.00437. The first kappa shape index (κ1) is 13.8. The Labute approximate surface area is 118 Å². The van der Waals surface area contributed by atoms with Crippen molar-refractivity contribution in [3.63, 3.8) is 0 Å². The van der Waals surface area contributed by atoms with Crippen LogP contribution in [0.1, 0.15) is 44.9 Å². The number of fused-ring (bicyclic) bond motifs is 1. The molecule has 2 heterocycles. The second-order valence-electron chi connectivity index (χ2n) is 7.11.